The van der Waals surface area contributed by atoms with E-state index in [2.05, 4.69) is 32.1 Å². The number of anilines is 2. The maximum Gasteiger partial charge on any atom is 0.224 e. The van der Waals surface area contributed by atoms with Crippen LogP contribution in [0.3, 0.4) is 0 Å². The molecular weight excluding hydrogens is 182 g/mol. The van der Waals surface area contributed by atoms with Crippen molar-refractivity contribution < 1.29 is 0 Å². The summed E-state index contributed by atoms with van der Waals surface area (Å²) in [5.41, 5.74) is 17.0. The molecule has 0 amide bonds. The SMILES string of the molecule is NC#Cc1[nH]nc2nc(N)nc(N)c12. The largest absolute Gasteiger partial charge is 0.383 e. The van der Waals surface area contributed by atoms with E-state index in [9.17, 15) is 0 Å². The van der Waals surface area contributed by atoms with Crippen molar-refractivity contribution in [3.05, 3.63) is 5.69 Å². The van der Waals surface area contributed by atoms with Crippen LogP contribution in [0.5, 0.6) is 0 Å². The van der Waals surface area contributed by atoms with E-state index in [0.29, 0.717) is 16.7 Å². The zero-order chi connectivity index (χ0) is 10.1. The van der Waals surface area contributed by atoms with Gasteiger partial charge in [-0.15, -0.1) is 0 Å². The number of fused-ring (bicyclic) bond motifs is 1. The first-order valence-corrected chi connectivity index (χ1v) is 3.71. The van der Waals surface area contributed by atoms with E-state index in [0.717, 1.165) is 0 Å². The average Bonchev–Trinajstić information content (AvgIpc) is 2.49. The lowest BCUT2D eigenvalue weighted by Gasteiger charge is -1.95. The Balaban J connectivity index is 2.83. The van der Waals surface area contributed by atoms with Crippen molar-refractivity contribution in [2.24, 2.45) is 5.73 Å². The van der Waals surface area contributed by atoms with Crippen LogP contribution in [0.1, 0.15) is 5.69 Å². The van der Waals surface area contributed by atoms with Gasteiger partial charge in [-0.2, -0.15) is 15.1 Å². The highest BCUT2D eigenvalue weighted by Gasteiger charge is 2.10. The normalized spacial score (nSPS) is 9.71. The summed E-state index contributed by atoms with van der Waals surface area (Å²) in [5.74, 6) is 2.91. The van der Waals surface area contributed by atoms with E-state index in [1.165, 1.54) is 0 Å². The molecular formula is C7H7N7. The number of hydrogen-bond donors (Lipinski definition) is 4. The second kappa shape index (κ2) is 2.77. The monoisotopic (exact) mass is 189 g/mol. The Morgan fingerprint density at radius 2 is 2.00 bits per heavy atom. The first-order valence-electron chi connectivity index (χ1n) is 3.71. The van der Waals surface area contributed by atoms with Gasteiger partial charge in [-0.3, -0.25) is 5.10 Å². The number of aromatic amines is 1. The van der Waals surface area contributed by atoms with Gasteiger partial charge in [-0.1, -0.05) is 0 Å². The highest BCUT2D eigenvalue weighted by Crippen LogP contribution is 2.19. The summed E-state index contributed by atoms with van der Waals surface area (Å²) in [5, 5.41) is 7.04. The third-order valence-electron chi connectivity index (χ3n) is 1.66. The summed E-state index contributed by atoms with van der Waals surface area (Å²) in [6.45, 7) is 0. The molecule has 70 valence electrons. The number of nitrogens with two attached hydrogens (primary N) is 3. The molecule has 2 aromatic rings. The van der Waals surface area contributed by atoms with Crippen molar-refractivity contribution in [1.82, 2.24) is 20.2 Å². The van der Waals surface area contributed by atoms with Crippen LogP contribution in [0.25, 0.3) is 11.0 Å². The predicted molar refractivity (Wildman–Crippen MR) is 51.6 cm³/mol. The summed E-state index contributed by atoms with van der Waals surface area (Å²) in [7, 11) is 0. The van der Waals surface area contributed by atoms with Gasteiger partial charge in [0.1, 0.15) is 11.5 Å². The quantitative estimate of drug-likeness (QED) is 0.303. The minimum atomic E-state index is 0.0776. The van der Waals surface area contributed by atoms with E-state index in [-0.39, 0.29) is 11.8 Å². The maximum absolute atomic E-state index is 5.63. The molecule has 7 nitrogen and oxygen atoms in total. The lowest BCUT2D eigenvalue weighted by atomic mass is 10.3. The predicted octanol–water partition coefficient (Wildman–Crippen LogP) is -1.22. The van der Waals surface area contributed by atoms with Gasteiger partial charge in [0.05, 0.1) is 5.39 Å². The average molecular weight is 189 g/mol. The van der Waals surface area contributed by atoms with E-state index in [1.807, 2.05) is 0 Å². The molecule has 2 rings (SSSR count). The minimum Gasteiger partial charge on any atom is -0.383 e. The van der Waals surface area contributed by atoms with Crippen LogP contribution in [-0.2, 0) is 0 Å². The summed E-state index contributed by atoms with van der Waals surface area (Å²) in [4.78, 5) is 7.67. The number of nitrogen functional groups attached to an aromatic ring is 2. The molecule has 0 spiro atoms. The van der Waals surface area contributed by atoms with Gasteiger partial charge >= 0.3 is 0 Å². The van der Waals surface area contributed by atoms with E-state index >= 15 is 0 Å². The molecule has 0 aliphatic rings. The Morgan fingerprint density at radius 1 is 1.21 bits per heavy atom. The zero-order valence-electron chi connectivity index (χ0n) is 7.07. The second-order valence-corrected chi connectivity index (χ2v) is 2.53. The topological polar surface area (TPSA) is 133 Å². The van der Waals surface area contributed by atoms with Crippen molar-refractivity contribution in [3.63, 3.8) is 0 Å². The molecule has 0 unspecified atom stereocenters. The van der Waals surface area contributed by atoms with Crippen LogP contribution < -0.4 is 17.2 Å². The van der Waals surface area contributed by atoms with E-state index in [4.69, 9.17) is 17.2 Å². The summed E-state index contributed by atoms with van der Waals surface area (Å²) < 4.78 is 0. The third kappa shape index (κ3) is 1.06. The Morgan fingerprint density at radius 3 is 2.71 bits per heavy atom. The fourth-order valence-corrected chi connectivity index (χ4v) is 1.13. The number of H-pyrrole nitrogens is 1. The Bertz CT molecular complexity index is 544. The van der Waals surface area contributed by atoms with Crippen molar-refractivity contribution >= 4 is 22.8 Å². The molecule has 2 aromatic heterocycles. The van der Waals surface area contributed by atoms with Gasteiger partial charge in [0.25, 0.3) is 0 Å². The van der Waals surface area contributed by atoms with Crippen LogP contribution in [0.15, 0.2) is 0 Å². The molecule has 14 heavy (non-hydrogen) atoms. The second-order valence-electron chi connectivity index (χ2n) is 2.53. The standard InChI is InChI=1S/C7H7N7/c8-2-1-3-4-5(9)11-7(10)12-6(4)14-13-3/h8H2,(H5,9,10,11,12,13,14). The van der Waals surface area contributed by atoms with Gasteiger partial charge in [0, 0.05) is 6.04 Å². The van der Waals surface area contributed by atoms with Crippen LogP contribution >= 0.6 is 0 Å². The van der Waals surface area contributed by atoms with Crippen LogP contribution in [0.4, 0.5) is 11.8 Å². The van der Waals surface area contributed by atoms with Gasteiger partial charge in [0.15, 0.2) is 5.65 Å². The number of aromatic nitrogens is 4. The van der Waals surface area contributed by atoms with Gasteiger partial charge in [0.2, 0.25) is 5.95 Å². The Kier molecular flexibility index (Phi) is 1.61. The minimum absolute atomic E-state index is 0.0776. The fourth-order valence-electron chi connectivity index (χ4n) is 1.13. The fraction of sp³-hybridized carbons (Fsp3) is 0. The van der Waals surface area contributed by atoms with E-state index < -0.39 is 0 Å². The first kappa shape index (κ1) is 8.12. The molecule has 2 heterocycles. The van der Waals surface area contributed by atoms with E-state index in [1.54, 1.807) is 0 Å². The van der Waals surface area contributed by atoms with Crippen molar-refractivity contribution in [3.8, 4) is 12.0 Å². The maximum atomic E-state index is 5.63. The molecule has 0 aliphatic carbocycles. The molecule has 0 aliphatic heterocycles. The molecule has 0 saturated heterocycles. The number of hydrogen-bond acceptors (Lipinski definition) is 6. The van der Waals surface area contributed by atoms with Gasteiger partial charge in [-0.25, -0.2) is 0 Å². The van der Waals surface area contributed by atoms with Crippen LogP contribution in [0, 0.1) is 12.0 Å². The van der Waals surface area contributed by atoms with Gasteiger partial charge < -0.3 is 17.2 Å². The molecule has 7 heteroatoms. The van der Waals surface area contributed by atoms with Gasteiger partial charge in [-0.05, 0) is 5.92 Å². The van der Waals surface area contributed by atoms with Crippen molar-refractivity contribution in [2.45, 2.75) is 0 Å². The van der Waals surface area contributed by atoms with Crippen molar-refractivity contribution in [1.29, 1.82) is 0 Å². The summed E-state index contributed by atoms with van der Waals surface area (Å²) >= 11 is 0. The molecule has 0 saturated carbocycles. The summed E-state index contributed by atoms with van der Waals surface area (Å²) in [6, 6.07) is 2.24. The van der Waals surface area contributed by atoms with Crippen molar-refractivity contribution in [2.75, 3.05) is 11.5 Å². The Hall–Kier alpha value is -2.49. The van der Waals surface area contributed by atoms with Crippen LogP contribution in [0.2, 0.25) is 0 Å². The first-order chi connectivity index (χ1) is 6.72. The zero-order valence-corrected chi connectivity index (χ0v) is 7.07. The third-order valence-corrected chi connectivity index (χ3v) is 1.66. The lowest BCUT2D eigenvalue weighted by molar-refractivity contribution is 1.08. The Labute approximate surface area is 78.7 Å². The molecule has 0 bridgehead atoms. The molecule has 0 aromatic carbocycles. The lowest BCUT2D eigenvalue weighted by Crippen LogP contribution is -2.00. The van der Waals surface area contributed by atoms with Crippen LogP contribution in [-0.4, -0.2) is 20.2 Å². The highest BCUT2D eigenvalue weighted by atomic mass is 15.2. The number of nitrogens with zero attached hydrogens (tertiary/aromatic N) is 3. The molecule has 7 N–H and O–H groups in total. The molecule has 0 fully saturated rings. The number of nitrogens with one attached hydrogen (secondary N) is 1. The number of rotatable bonds is 0. The molecule has 0 radical (unpaired) electrons. The molecule has 0 atom stereocenters. The summed E-state index contributed by atoms with van der Waals surface area (Å²) in [6.07, 6.45) is 0. The highest BCUT2D eigenvalue weighted by molar-refractivity contribution is 5.90. The smallest absolute Gasteiger partial charge is 0.224 e.